The molecular weight excluding hydrogens is 400 g/mol. The lowest BCUT2D eigenvalue weighted by Crippen LogP contribution is -2.58. The summed E-state index contributed by atoms with van der Waals surface area (Å²) in [6.45, 7) is 8.48. The van der Waals surface area contributed by atoms with Gasteiger partial charge in [-0.25, -0.2) is 14.4 Å². The first-order valence-corrected chi connectivity index (χ1v) is 10.0. The van der Waals surface area contributed by atoms with Gasteiger partial charge in [-0.15, -0.1) is 6.58 Å². The number of carbonyl (C=O) groups is 3. The molecule has 1 aliphatic rings. The average molecular weight is 431 g/mol. The molecule has 1 aromatic carbocycles. The lowest BCUT2D eigenvalue weighted by molar-refractivity contribution is -0.136. The molecule has 1 fully saturated rings. The summed E-state index contributed by atoms with van der Waals surface area (Å²) in [6.07, 6.45) is 2.17. The molecule has 168 valence electrons. The van der Waals surface area contributed by atoms with E-state index in [0.29, 0.717) is 32.4 Å². The van der Waals surface area contributed by atoms with Crippen molar-refractivity contribution in [1.82, 2.24) is 9.80 Å². The Morgan fingerprint density at radius 3 is 2.32 bits per heavy atom. The lowest BCUT2D eigenvalue weighted by atomic mass is 9.82. The van der Waals surface area contributed by atoms with Crippen LogP contribution in [0.1, 0.15) is 24.8 Å². The second-order valence-electron chi connectivity index (χ2n) is 7.40. The molecular formula is C23H30N2O6. The fourth-order valence-corrected chi connectivity index (χ4v) is 3.70. The van der Waals surface area contributed by atoms with Crippen molar-refractivity contribution >= 4 is 18.2 Å². The summed E-state index contributed by atoms with van der Waals surface area (Å²) in [7, 11) is 2.54. The molecule has 0 N–H and O–H groups in total. The first-order chi connectivity index (χ1) is 14.9. The van der Waals surface area contributed by atoms with Crippen LogP contribution < -0.4 is 0 Å². The van der Waals surface area contributed by atoms with Crippen LogP contribution in [-0.2, 0) is 25.6 Å². The summed E-state index contributed by atoms with van der Waals surface area (Å²) in [4.78, 5) is 40.0. The summed E-state index contributed by atoms with van der Waals surface area (Å²) < 4.78 is 15.1. The molecule has 0 aromatic heterocycles. The predicted octanol–water partition coefficient (Wildman–Crippen LogP) is 3.53. The van der Waals surface area contributed by atoms with E-state index in [1.54, 1.807) is 11.0 Å². The van der Waals surface area contributed by atoms with Crippen LogP contribution in [0.3, 0.4) is 0 Å². The highest BCUT2D eigenvalue weighted by Crippen LogP contribution is 2.34. The second kappa shape index (κ2) is 11.2. The summed E-state index contributed by atoms with van der Waals surface area (Å²) in [5.74, 6) is -0.593. The third-order valence-corrected chi connectivity index (χ3v) is 5.47. The minimum absolute atomic E-state index is 0.0361. The van der Waals surface area contributed by atoms with Crippen LogP contribution in [0.2, 0.25) is 0 Å². The molecule has 0 spiro atoms. The van der Waals surface area contributed by atoms with Crippen molar-refractivity contribution in [3.63, 3.8) is 0 Å². The van der Waals surface area contributed by atoms with E-state index in [1.807, 2.05) is 30.3 Å². The lowest BCUT2D eigenvalue weighted by Gasteiger charge is -2.47. The van der Waals surface area contributed by atoms with Crippen LogP contribution in [0.25, 0.3) is 0 Å². The van der Waals surface area contributed by atoms with Crippen molar-refractivity contribution in [3.8, 4) is 0 Å². The maximum absolute atomic E-state index is 12.6. The number of benzene rings is 1. The Hall–Kier alpha value is -3.29. The SMILES string of the molecule is C=CCC1(N(CC(=C)C(=O)OC)C(=O)OC)CCN(C(=O)OCc2ccccc2)CC1. The minimum Gasteiger partial charge on any atom is -0.466 e. The molecule has 0 radical (unpaired) electrons. The zero-order chi connectivity index (χ0) is 22.9. The Morgan fingerprint density at radius 2 is 1.77 bits per heavy atom. The van der Waals surface area contributed by atoms with E-state index in [1.165, 1.54) is 19.1 Å². The van der Waals surface area contributed by atoms with Crippen molar-refractivity contribution in [2.45, 2.75) is 31.4 Å². The van der Waals surface area contributed by atoms with E-state index in [-0.39, 0.29) is 18.7 Å². The quantitative estimate of drug-likeness (QED) is 0.271. The Labute approximate surface area is 183 Å². The van der Waals surface area contributed by atoms with Gasteiger partial charge in [0.15, 0.2) is 0 Å². The van der Waals surface area contributed by atoms with E-state index < -0.39 is 23.7 Å². The number of rotatable bonds is 8. The van der Waals surface area contributed by atoms with Crippen LogP contribution in [-0.4, -0.2) is 67.3 Å². The Balaban J connectivity index is 2.08. The highest BCUT2D eigenvalue weighted by atomic mass is 16.6. The third kappa shape index (κ3) is 6.10. The topological polar surface area (TPSA) is 85.4 Å². The maximum atomic E-state index is 12.6. The van der Waals surface area contributed by atoms with Gasteiger partial charge >= 0.3 is 18.2 Å². The van der Waals surface area contributed by atoms with Gasteiger partial charge < -0.3 is 19.1 Å². The second-order valence-corrected chi connectivity index (χ2v) is 7.40. The molecule has 2 amide bonds. The van der Waals surface area contributed by atoms with Gasteiger partial charge in [0.2, 0.25) is 0 Å². The molecule has 0 bridgehead atoms. The fraction of sp³-hybridized carbons (Fsp3) is 0.435. The van der Waals surface area contributed by atoms with Crippen molar-refractivity contribution in [2.75, 3.05) is 33.9 Å². The van der Waals surface area contributed by atoms with E-state index in [4.69, 9.17) is 14.2 Å². The molecule has 0 atom stereocenters. The maximum Gasteiger partial charge on any atom is 0.410 e. The van der Waals surface area contributed by atoms with Crippen molar-refractivity contribution in [2.24, 2.45) is 0 Å². The standard InChI is InChI=1S/C23H30N2O6/c1-5-11-23(25(22(28)30-4)16-18(2)20(26)29-3)12-14-24(15-13-23)21(27)31-17-19-9-7-6-8-10-19/h5-10H,1-2,11-17H2,3-4H3. The molecule has 31 heavy (non-hydrogen) atoms. The summed E-state index contributed by atoms with van der Waals surface area (Å²) in [5, 5.41) is 0. The van der Waals surface area contributed by atoms with Crippen LogP contribution in [0.15, 0.2) is 55.1 Å². The van der Waals surface area contributed by atoms with Crippen molar-refractivity contribution in [3.05, 3.63) is 60.7 Å². The van der Waals surface area contributed by atoms with E-state index in [2.05, 4.69) is 13.2 Å². The largest absolute Gasteiger partial charge is 0.466 e. The zero-order valence-electron chi connectivity index (χ0n) is 18.2. The molecule has 0 aliphatic carbocycles. The number of hydrogen-bond acceptors (Lipinski definition) is 6. The number of hydrogen-bond donors (Lipinski definition) is 0. The first kappa shape index (κ1) is 24.0. The van der Waals surface area contributed by atoms with Crippen molar-refractivity contribution in [1.29, 1.82) is 0 Å². The van der Waals surface area contributed by atoms with E-state index in [0.717, 1.165) is 5.56 Å². The number of methoxy groups -OCH3 is 2. The number of carbonyl (C=O) groups excluding carboxylic acids is 3. The Kier molecular flexibility index (Phi) is 8.66. The van der Waals surface area contributed by atoms with Crippen LogP contribution in [0.5, 0.6) is 0 Å². The molecule has 8 heteroatoms. The summed E-state index contributed by atoms with van der Waals surface area (Å²) in [5.41, 5.74) is 0.384. The van der Waals surface area contributed by atoms with Gasteiger partial charge in [0.05, 0.1) is 26.3 Å². The Morgan fingerprint density at radius 1 is 1.13 bits per heavy atom. The zero-order valence-corrected chi connectivity index (χ0v) is 18.2. The van der Waals surface area contributed by atoms with Gasteiger partial charge in [-0.05, 0) is 24.8 Å². The smallest absolute Gasteiger partial charge is 0.410 e. The molecule has 0 saturated carbocycles. The van der Waals surface area contributed by atoms with Gasteiger partial charge in [0.1, 0.15) is 6.61 Å². The molecule has 1 aliphatic heterocycles. The number of piperidine rings is 1. The number of likely N-dealkylation sites (tertiary alicyclic amines) is 1. The number of nitrogens with zero attached hydrogens (tertiary/aromatic N) is 2. The third-order valence-electron chi connectivity index (χ3n) is 5.47. The van der Waals surface area contributed by atoms with Crippen molar-refractivity contribution < 1.29 is 28.6 Å². The van der Waals surface area contributed by atoms with Gasteiger partial charge in [0, 0.05) is 18.7 Å². The normalized spacial score (nSPS) is 14.8. The number of ether oxygens (including phenoxy) is 3. The van der Waals surface area contributed by atoms with Crippen LogP contribution in [0.4, 0.5) is 9.59 Å². The fourth-order valence-electron chi connectivity index (χ4n) is 3.70. The monoisotopic (exact) mass is 430 g/mol. The van der Waals surface area contributed by atoms with Gasteiger partial charge in [0.25, 0.3) is 0 Å². The van der Waals surface area contributed by atoms with Crippen LogP contribution >= 0.6 is 0 Å². The van der Waals surface area contributed by atoms with E-state index in [9.17, 15) is 14.4 Å². The molecule has 8 nitrogen and oxygen atoms in total. The molecule has 1 aromatic rings. The number of esters is 1. The Bertz CT molecular complexity index is 800. The predicted molar refractivity (Wildman–Crippen MR) is 115 cm³/mol. The summed E-state index contributed by atoms with van der Waals surface area (Å²) in [6, 6.07) is 9.45. The molecule has 0 unspecified atom stereocenters. The van der Waals surface area contributed by atoms with Crippen LogP contribution in [0, 0.1) is 0 Å². The molecule has 1 saturated heterocycles. The molecule has 2 rings (SSSR count). The summed E-state index contributed by atoms with van der Waals surface area (Å²) >= 11 is 0. The van der Waals surface area contributed by atoms with Gasteiger partial charge in [-0.1, -0.05) is 43.0 Å². The molecule has 1 heterocycles. The van der Waals surface area contributed by atoms with Gasteiger partial charge in [-0.3, -0.25) is 4.90 Å². The first-order valence-electron chi connectivity index (χ1n) is 10.0. The van der Waals surface area contributed by atoms with E-state index >= 15 is 0 Å². The average Bonchev–Trinajstić information content (AvgIpc) is 2.81. The number of amides is 2. The van der Waals surface area contributed by atoms with Gasteiger partial charge in [-0.2, -0.15) is 0 Å². The highest BCUT2D eigenvalue weighted by molar-refractivity contribution is 5.88. The minimum atomic E-state index is -0.665. The highest BCUT2D eigenvalue weighted by Gasteiger charge is 2.43.